The van der Waals surface area contributed by atoms with E-state index in [0.29, 0.717) is 6.54 Å². The van der Waals surface area contributed by atoms with Crippen molar-refractivity contribution >= 4 is 50.3 Å². The van der Waals surface area contributed by atoms with Gasteiger partial charge in [0.15, 0.2) is 5.16 Å². The number of hydrogen-bond acceptors (Lipinski definition) is 3. The molecule has 0 aliphatic heterocycles. The van der Waals surface area contributed by atoms with Gasteiger partial charge in [0.05, 0.1) is 16.3 Å². The van der Waals surface area contributed by atoms with Gasteiger partial charge < -0.3 is 9.88 Å². The van der Waals surface area contributed by atoms with Crippen LogP contribution in [0.2, 0.25) is 0 Å². The minimum atomic E-state index is -0.274. The zero-order valence-corrected chi connectivity index (χ0v) is 16.2. The van der Waals surface area contributed by atoms with Crippen LogP contribution < -0.4 is 5.32 Å². The topological polar surface area (TPSA) is 46.9 Å². The summed E-state index contributed by atoms with van der Waals surface area (Å²) in [5, 5.41) is 3.48. The van der Waals surface area contributed by atoms with Gasteiger partial charge in [-0.3, -0.25) is 4.79 Å². The number of thioether (sulfide) groups is 1. The molecule has 0 radical (unpaired) electrons. The molecule has 25 heavy (non-hydrogen) atoms. The number of amides is 1. The molecular weight excluding hydrogens is 398 g/mol. The summed E-state index contributed by atoms with van der Waals surface area (Å²) in [6.07, 6.45) is 1.84. The van der Waals surface area contributed by atoms with E-state index in [1.165, 1.54) is 11.8 Å². The van der Waals surface area contributed by atoms with Crippen molar-refractivity contribution < 1.29 is 4.79 Å². The van der Waals surface area contributed by atoms with Gasteiger partial charge >= 0.3 is 0 Å². The third-order valence-corrected chi connectivity index (χ3v) is 5.31. The summed E-state index contributed by atoms with van der Waals surface area (Å²) in [4.78, 5) is 17.1. The van der Waals surface area contributed by atoms with Gasteiger partial charge in [-0.1, -0.05) is 45.9 Å². The summed E-state index contributed by atoms with van der Waals surface area (Å²) in [6, 6.07) is 15.5. The van der Waals surface area contributed by atoms with E-state index in [-0.39, 0.29) is 11.2 Å². The number of carbonyl (C=O) groups excluding carboxylic acids is 1. The maximum atomic E-state index is 12.5. The zero-order valence-electron chi connectivity index (χ0n) is 13.8. The molecule has 4 nitrogen and oxygen atoms in total. The molecule has 1 aromatic heterocycles. The number of aromatic nitrogens is 2. The highest BCUT2D eigenvalue weighted by molar-refractivity contribution is 9.10. The Bertz CT molecular complexity index is 905. The van der Waals surface area contributed by atoms with Crippen molar-refractivity contribution in [2.45, 2.75) is 23.9 Å². The fourth-order valence-electron chi connectivity index (χ4n) is 2.44. The third-order valence-electron chi connectivity index (χ3n) is 3.69. The van der Waals surface area contributed by atoms with Crippen molar-refractivity contribution in [3.05, 3.63) is 65.7 Å². The first-order valence-electron chi connectivity index (χ1n) is 7.87. The molecule has 1 heterocycles. The Labute approximate surface area is 159 Å². The lowest BCUT2D eigenvalue weighted by Gasteiger charge is -2.13. The standard InChI is InChI=1S/C19H18BrN3OS/c1-3-12-23-17-7-5-4-6-16(17)22-19(23)25-13(2)18(24)21-15-10-8-14(20)9-11-15/h3-11,13H,1,12H2,2H3,(H,21,24)/t13-/m0/s1. The Morgan fingerprint density at radius 3 is 2.76 bits per heavy atom. The molecule has 0 bridgehead atoms. The lowest BCUT2D eigenvalue weighted by molar-refractivity contribution is -0.115. The zero-order chi connectivity index (χ0) is 17.8. The number of benzene rings is 2. The van der Waals surface area contributed by atoms with Gasteiger partial charge in [0.2, 0.25) is 5.91 Å². The van der Waals surface area contributed by atoms with E-state index >= 15 is 0 Å². The van der Waals surface area contributed by atoms with E-state index < -0.39 is 0 Å². The maximum absolute atomic E-state index is 12.5. The number of nitrogens with zero attached hydrogens (tertiary/aromatic N) is 2. The average Bonchev–Trinajstić information content (AvgIpc) is 2.95. The van der Waals surface area contributed by atoms with Crippen LogP contribution in [-0.2, 0) is 11.3 Å². The number of rotatable bonds is 6. The first kappa shape index (κ1) is 17.8. The Morgan fingerprint density at radius 1 is 1.32 bits per heavy atom. The van der Waals surface area contributed by atoms with Crippen molar-refractivity contribution in [1.29, 1.82) is 0 Å². The molecule has 0 aliphatic rings. The molecule has 0 aliphatic carbocycles. The molecule has 0 unspecified atom stereocenters. The predicted octanol–water partition coefficient (Wildman–Crippen LogP) is 5.10. The lowest BCUT2D eigenvalue weighted by Crippen LogP contribution is -2.22. The minimum Gasteiger partial charge on any atom is -0.325 e. The number of halogens is 1. The second-order valence-corrected chi connectivity index (χ2v) is 7.76. The highest BCUT2D eigenvalue weighted by Gasteiger charge is 2.19. The van der Waals surface area contributed by atoms with Crippen LogP contribution in [0.3, 0.4) is 0 Å². The summed E-state index contributed by atoms with van der Waals surface area (Å²) < 4.78 is 3.06. The van der Waals surface area contributed by atoms with Crippen molar-refractivity contribution in [3.8, 4) is 0 Å². The molecule has 1 N–H and O–H groups in total. The van der Waals surface area contributed by atoms with Crippen LogP contribution >= 0.6 is 27.7 Å². The van der Waals surface area contributed by atoms with Crippen LogP contribution in [0.25, 0.3) is 11.0 Å². The van der Waals surface area contributed by atoms with Gasteiger partial charge in [-0.25, -0.2) is 4.98 Å². The Kier molecular flexibility index (Phi) is 5.60. The molecule has 6 heteroatoms. The molecular formula is C19H18BrN3OS. The molecule has 2 aromatic carbocycles. The van der Waals surface area contributed by atoms with Gasteiger partial charge in [0.25, 0.3) is 0 Å². The van der Waals surface area contributed by atoms with Crippen LogP contribution in [0, 0.1) is 0 Å². The molecule has 0 fully saturated rings. The van der Waals surface area contributed by atoms with E-state index in [4.69, 9.17) is 0 Å². The number of para-hydroxylation sites is 2. The normalized spacial score (nSPS) is 12.1. The molecule has 0 saturated heterocycles. The molecule has 128 valence electrons. The quantitative estimate of drug-likeness (QED) is 0.449. The van der Waals surface area contributed by atoms with E-state index in [0.717, 1.165) is 26.3 Å². The highest BCUT2D eigenvalue weighted by atomic mass is 79.9. The van der Waals surface area contributed by atoms with Gasteiger partial charge in [-0.05, 0) is 43.3 Å². The summed E-state index contributed by atoms with van der Waals surface area (Å²) in [5.41, 5.74) is 2.75. The lowest BCUT2D eigenvalue weighted by atomic mass is 10.3. The molecule has 0 spiro atoms. The number of nitrogens with one attached hydrogen (secondary N) is 1. The monoisotopic (exact) mass is 415 g/mol. The smallest absolute Gasteiger partial charge is 0.237 e. The summed E-state index contributed by atoms with van der Waals surface area (Å²) >= 11 is 4.84. The Morgan fingerprint density at radius 2 is 2.04 bits per heavy atom. The molecule has 3 rings (SSSR count). The molecule has 0 saturated carbocycles. The van der Waals surface area contributed by atoms with Gasteiger partial charge in [0, 0.05) is 16.7 Å². The van der Waals surface area contributed by atoms with E-state index in [1.807, 2.05) is 61.5 Å². The molecule has 3 aromatic rings. The largest absolute Gasteiger partial charge is 0.325 e. The SMILES string of the molecule is C=CCn1c(S[C@@H](C)C(=O)Nc2ccc(Br)cc2)nc2ccccc21. The van der Waals surface area contributed by atoms with Crippen LogP contribution in [-0.4, -0.2) is 20.7 Å². The van der Waals surface area contributed by atoms with Crippen molar-refractivity contribution in [1.82, 2.24) is 9.55 Å². The van der Waals surface area contributed by atoms with Crippen molar-refractivity contribution in [2.75, 3.05) is 5.32 Å². The fourth-order valence-corrected chi connectivity index (χ4v) is 3.64. The van der Waals surface area contributed by atoms with Gasteiger partial charge in [-0.15, -0.1) is 6.58 Å². The van der Waals surface area contributed by atoms with Crippen molar-refractivity contribution in [2.24, 2.45) is 0 Å². The summed E-state index contributed by atoms with van der Waals surface area (Å²) in [5.74, 6) is -0.0514. The van der Waals surface area contributed by atoms with Crippen molar-refractivity contribution in [3.63, 3.8) is 0 Å². The fraction of sp³-hybridized carbons (Fsp3) is 0.158. The molecule has 1 atom stereocenters. The van der Waals surface area contributed by atoms with Crippen LogP contribution in [0.5, 0.6) is 0 Å². The minimum absolute atomic E-state index is 0.0514. The van der Waals surface area contributed by atoms with Crippen LogP contribution in [0.4, 0.5) is 5.69 Å². The highest BCUT2D eigenvalue weighted by Crippen LogP contribution is 2.28. The third kappa shape index (κ3) is 4.14. The second kappa shape index (κ2) is 7.89. The second-order valence-electron chi connectivity index (χ2n) is 5.54. The number of fused-ring (bicyclic) bond motifs is 1. The number of carbonyl (C=O) groups is 1. The predicted molar refractivity (Wildman–Crippen MR) is 108 cm³/mol. The van der Waals surface area contributed by atoms with Gasteiger partial charge in [0.1, 0.15) is 0 Å². The molecule has 1 amide bonds. The maximum Gasteiger partial charge on any atom is 0.237 e. The summed E-state index contributed by atoms with van der Waals surface area (Å²) in [6.45, 7) is 6.36. The number of imidazole rings is 1. The van der Waals surface area contributed by atoms with E-state index in [2.05, 4.69) is 37.4 Å². The van der Waals surface area contributed by atoms with Gasteiger partial charge in [-0.2, -0.15) is 0 Å². The van der Waals surface area contributed by atoms with E-state index in [9.17, 15) is 4.79 Å². The first-order valence-corrected chi connectivity index (χ1v) is 9.55. The number of allylic oxidation sites excluding steroid dienone is 1. The van der Waals surface area contributed by atoms with Crippen LogP contribution in [0.15, 0.2) is 70.8 Å². The number of hydrogen-bond donors (Lipinski definition) is 1. The van der Waals surface area contributed by atoms with E-state index in [1.54, 1.807) is 0 Å². The summed E-state index contributed by atoms with van der Waals surface area (Å²) in [7, 11) is 0. The average molecular weight is 416 g/mol. The number of anilines is 1. The Hall–Kier alpha value is -2.05. The Balaban J connectivity index is 1.77. The first-order chi connectivity index (χ1) is 12.1. The van der Waals surface area contributed by atoms with Crippen LogP contribution in [0.1, 0.15) is 6.92 Å².